The van der Waals surface area contributed by atoms with Crippen molar-refractivity contribution in [3.05, 3.63) is 35.4 Å². The molecule has 0 radical (unpaired) electrons. The van der Waals surface area contributed by atoms with Gasteiger partial charge < -0.3 is 28.5 Å². The fourth-order valence-electron chi connectivity index (χ4n) is 4.42. The molecule has 0 aromatic heterocycles. The monoisotopic (exact) mass is 414 g/mol. The molecular weight excluding hydrogens is 383 g/mol. The van der Waals surface area contributed by atoms with Crippen LogP contribution in [0, 0.1) is 6.92 Å². The first-order chi connectivity index (χ1) is 10.0. The lowest BCUT2D eigenvalue weighted by atomic mass is 9.73. The largest absolute Gasteiger partial charge is 1.00 e. The highest BCUT2D eigenvalue weighted by Gasteiger charge is 2.42. The molecule has 1 aromatic carbocycles. The maximum atomic E-state index is 2.83. The van der Waals surface area contributed by atoms with Gasteiger partial charge in [-0.1, -0.05) is 43.5 Å². The van der Waals surface area contributed by atoms with Crippen molar-refractivity contribution >= 4 is 0 Å². The van der Waals surface area contributed by atoms with Gasteiger partial charge in [0.25, 0.3) is 0 Å². The summed E-state index contributed by atoms with van der Waals surface area (Å²) >= 11 is 0. The van der Waals surface area contributed by atoms with Gasteiger partial charge in [0.1, 0.15) is 0 Å². The SMILES string of the molecule is Cc1ccccc1C1(N2CC[N+](C)(C)CC2)CCCCC1.[I-]. The number of halogens is 1. The maximum absolute atomic E-state index is 2.83. The highest BCUT2D eigenvalue weighted by Crippen LogP contribution is 2.44. The highest BCUT2D eigenvalue weighted by molar-refractivity contribution is 5.33. The molecule has 1 heterocycles. The Bertz CT molecular complexity index is 482. The quantitative estimate of drug-likeness (QED) is 0.505. The summed E-state index contributed by atoms with van der Waals surface area (Å²) in [6.45, 7) is 7.37. The predicted octanol–water partition coefficient (Wildman–Crippen LogP) is 0.550. The van der Waals surface area contributed by atoms with E-state index in [0.29, 0.717) is 5.54 Å². The number of benzene rings is 1. The van der Waals surface area contributed by atoms with E-state index in [1.807, 2.05) is 0 Å². The van der Waals surface area contributed by atoms with E-state index in [0.717, 1.165) is 0 Å². The van der Waals surface area contributed by atoms with Crippen LogP contribution in [0.15, 0.2) is 24.3 Å². The fraction of sp³-hybridized carbons (Fsp3) is 0.684. The molecule has 0 amide bonds. The van der Waals surface area contributed by atoms with Crippen LogP contribution in [0.5, 0.6) is 0 Å². The van der Waals surface area contributed by atoms with Crippen LogP contribution in [-0.4, -0.2) is 49.7 Å². The maximum Gasteiger partial charge on any atom is 0.0912 e. The molecule has 0 unspecified atom stereocenters. The van der Waals surface area contributed by atoms with Crippen molar-refractivity contribution < 1.29 is 28.5 Å². The van der Waals surface area contributed by atoms with Crippen LogP contribution in [0.4, 0.5) is 0 Å². The van der Waals surface area contributed by atoms with Gasteiger partial charge in [-0.15, -0.1) is 0 Å². The summed E-state index contributed by atoms with van der Waals surface area (Å²) in [5.41, 5.74) is 3.42. The first-order valence-corrected chi connectivity index (χ1v) is 8.67. The topological polar surface area (TPSA) is 3.24 Å². The molecule has 22 heavy (non-hydrogen) atoms. The first-order valence-electron chi connectivity index (χ1n) is 8.67. The Morgan fingerprint density at radius 1 is 0.955 bits per heavy atom. The lowest BCUT2D eigenvalue weighted by Crippen LogP contribution is -3.00. The lowest BCUT2D eigenvalue weighted by Gasteiger charge is -2.51. The molecule has 1 saturated heterocycles. The normalized spacial score (nSPS) is 24.5. The van der Waals surface area contributed by atoms with Gasteiger partial charge in [0, 0.05) is 18.6 Å². The Labute approximate surface area is 153 Å². The van der Waals surface area contributed by atoms with Crippen LogP contribution in [0.3, 0.4) is 0 Å². The lowest BCUT2D eigenvalue weighted by molar-refractivity contribution is -0.895. The summed E-state index contributed by atoms with van der Waals surface area (Å²) in [5, 5.41) is 0. The standard InChI is InChI=1S/C19H31N2.HI/c1-17-9-5-6-10-18(17)19(11-7-4-8-12-19)20-13-15-21(2,3)16-14-20;/h5-6,9-10H,4,7-8,11-16H2,1-3H3;1H/q+1;/p-1. The van der Waals surface area contributed by atoms with Gasteiger partial charge in [0.15, 0.2) is 0 Å². The Morgan fingerprint density at radius 3 is 2.14 bits per heavy atom. The van der Waals surface area contributed by atoms with Crippen molar-refractivity contribution in [3.8, 4) is 0 Å². The molecule has 0 N–H and O–H groups in total. The molecular formula is C19H31IN2. The zero-order chi connectivity index (χ0) is 14.9. The molecule has 1 aromatic rings. The molecule has 1 aliphatic heterocycles. The predicted molar refractivity (Wildman–Crippen MR) is 89.4 cm³/mol. The van der Waals surface area contributed by atoms with Crippen LogP contribution in [0.2, 0.25) is 0 Å². The highest BCUT2D eigenvalue weighted by atomic mass is 127. The van der Waals surface area contributed by atoms with Crippen molar-refractivity contribution in [3.63, 3.8) is 0 Å². The molecule has 1 aliphatic carbocycles. The summed E-state index contributed by atoms with van der Waals surface area (Å²) in [5.74, 6) is 0. The molecule has 2 nitrogen and oxygen atoms in total. The van der Waals surface area contributed by atoms with Gasteiger partial charge in [-0.05, 0) is 30.9 Å². The first kappa shape index (κ1) is 18.2. The van der Waals surface area contributed by atoms with Gasteiger partial charge in [-0.2, -0.15) is 0 Å². The number of rotatable bonds is 2. The summed E-state index contributed by atoms with van der Waals surface area (Å²) in [6.07, 6.45) is 6.91. The van der Waals surface area contributed by atoms with E-state index in [9.17, 15) is 0 Å². The smallest absolute Gasteiger partial charge is 0.0912 e. The second-order valence-corrected chi connectivity index (χ2v) is 7.78. The molecule has 1 saturated carbocycles. The van der Waals surface area contributed by atoms with E-state index in [4.69, 9.17) is 0 Å². The second kappa shape index (κ2) is 7.18. The van der Waals surface area contributed by atoms with Gasteiger partial charge in [-0.25, -0.2) is 0 Å². The van der Waals surface area contributed by atoms with Crippen molar-refractivity contribution in [1.82, 2.24) is 4.90 Å². The van der Waals surface area contributed by atoms with E-state index in [1.165, 1.54) is 68.3 Å². The van der Waals surface area contributed by atoms with Crippen LogP contribution in [0.25, 0.3) is 0 Å². The Kier molecular flexibility index (Phi) is 5.95. The molecule has 0 bridgehead atoms. The van der Waals surface area contributed by atoms with Crippen LogP contribution >= 0.6 is 0 Å². The van der Waals surface area contributed by atoms with Crippen molar-refractivity contribution in [2.24, 2.45) is 0 Å². The number of likely N-dealkylation sites (N-methyl/N-ethyl adjacent to an activating group) is 1. The van der Waals surface area contributed by atoms with Crippen molar-refractivity contribution in [2.45, 2.75) is 44.6 Å². The number of piperazine rings is 1. The molecule has 2 aliphatic rings. The zero-order valence-electron chi connectivity index (χ0n) is 14.4. The average Bonchev–Trinajstić information content (AvgIpc) is 2.48. The number of aryl methyl sites for hydroxylation is 1. The minimum atomic E-state index is 0. The number of hydrogen-bond donors (Lipinski definition) is 0. The Balaban J connectivity index is 0.00000176. The van der Waals surface area contributed by atoms with Crippen molar-refractivity contribution in [1.29, 1.82) is 0 Å². The van der Waals surface area contributed by atoms with Gasteiger partial charge in [-0.3, -0.25) is 4.90 Å². The van der Waals surface area contributed by atoms with E-state index in [-0.39, 0.29) is 24.0 Å². The van der Waals surface area contributed by atoms with Gasteiger partial charge >= 0.3 is 0 Å². The Morgan fingerprint density at radius 2 is 1.55 bits per heavy atom. The fourth-order valence-corrected chi connectivity index (χ4v) is 4.42. The molecule has 0 spiro atoms. The van der Waals surface area contributed by atoms with Crippen LogP contribution < -0.4 is 24.0 Å². The van der Waals surface area contributed by atoms with E-state index < -0.39 is 0 Å². The third-order valence-corrected chi connectivity index (χ3v) is 5.88. The Hall–Kier alpha value is -0.130. The minimum absolute atomic E-state index is 0. The molecule has 3 rings (SSSR count). The average molecular weight is 414 g/mol. The minimum Gasteiger partial charge on any atom is -1.00 e. The third-order valence-electron chi connectivity index (χ3n) is 5.88. The molecule has 3 heteroatoms. The van der Waals surface area contributed by atoms with Crippen LogP contribution in [0.1, 0.15) is 43.2 Å². The second-order valence-electron chi connectivity index (χ2n) is 7.78. The number of quaternary nitrogens is 1. The number of hydrogen-bond acceptors (Lipinski definition) is 1. The zero-order valence-corrected chi connectivity index (χ0v) is 16.6. The van der Waals surface area contributed by atoms with E-state index in [1.54, 1.807) is 5.56 Å². The summed E-state index contributed by atoms with van der Waals surface area (Å²) in [6, 6.07) is 9.12. The third kappa shape index (κ3) is 3.51. The summed E-state index contributed by atoms with van der Waals surface area (Å²) < 4.78 is 1.18. The van der Waals surface area contributed by atoms with Gasteiger partial charge in [0.2, 0.25) is 0 Å². The summed E-state index contributed by atoms with van der Waals surface area (Å²) in [4.78, 5) is 2.83. The number of nitrogens with zero attached hydrogens (tertiary/aromatic N) is 2. The van der Waals surface area contributed by atoms with E-state index >= 15 is 0 Å². The molecule has 2 fully saturated rings. The molecule has 124 valence electrons. The van der Waals surface area contributed by atoms with Crippen LogP contribution in [-0.2, 0) is 5.54 Å². The van der Waals surface area contributed by atoms with Gasteiger partial charge in [0.05, 0.1) is 27.2 Å². The molecule has 0 atom stereocenters. The van der Waals surface area contributed by atoms with Crippen molar-refractivity contribution in [2.75, 3.05) is 40.3 Å². The summed E-state index contributed by atoms with van der Waals surface area (Å²) in [7, 11) is 4.75. The van der Waals surface area contributed by atoms with E-state index in [2.05, 4.69) is 50.2 Å².